The number of anilines is 1. The number of aryl methyl sites for hydroxylation is 1. The Labute approximate surface area is 98.6 Å². The van der Waals surface area contributed by atoms with Crippen molar-refractivity contribution in [1.82, 2.24) is 0 Å². The normalized spacial score (nSPS) is 10.6. The van der Waals surface area contributed by atoms with Gasteiger partial charge < -0.3 is 5.11 Å². The van der Waals surface area contributed by atoms with Crippen LogP contribution < -0.4 is 4.72 Å². The van der Waals surface area contributed by atoms with Gasteiger partial charge in [0, 0.05) is 5.69 Å². The molecule has 1 aromatic rings. The van der Waals surface area contributed by atoms with Crippen molar-refractivity contribution in [2.45, 2.75) is 6.92 Å². The van der Waals surface area contributed by atoms with Crippen molar-refractivity contribution >= 4 is 21.7 Å². The second-order valence-corrected chi connectivity index (χ2v) is 5.08. The molecule has 1 aromatic carbocycles. The zero-order chi connectivity index (χ0) is 13.1. The monoisotopic (exact) mass is 254 g/mol. The summed E-state index contributed by atoms with van der Waals surface area (Å²) in [4.78, 5) is 10.7. The molecule has 0 aliphatic rings. The fourth-order valence-corrected chi connectivity index (χ4v) is 2.00. The van der Waals surface area contributed by atoms with Gasteiger partial charge in [-0.05, 0) is 30.7 Å². The topological polar surface area (TPSA) is 107 Å². The van der Waals surface area contributed by atoms with Crippen LogP contribution in [0.3, 0.4) is 0 Å². The number of carboxylic acids is 1. The number of nitriles is 1. The second kappa shape index (κ2) is 4.84. The summed E-state index contributed by atoms with van der Waals surface area (Å²) in [5.41, 5.74) is 0.783. The maximum Gasteiger partial charge on any atom is 0.335 e. The van der Waals surface area contributed by atoms with Gasteiger partial charge in [-0.25, -0.2) is 13.2 Å². The molecule has 0 aromatic heterocycles. The Bertz CT molecular complexity index is 587. The van der Waals surface area contributed by atoms with Crippen LogP contribution in [0.4, 0.5) is 5.69 Å². The molecule has 17 heavy (non-hydrogen) atoms. The molecule has 6 nitrogen and oxygen atoms in total. The number of hydrogen-bond donors (Lipinski definition) is 2. The lowest BCUT2D eigenvalue weighted by molar-refractivity contribution is 0.0696. The summed E-state index contributed by atoms with van der Waals surface area (Å²) in [5.74, 6) is -1.72. The molecule has 0 heterocycles. The van der Waals surface area contributed by atoms with Gasteiger partial charge in [0.05, 0.1) is 11.6 Å². The standard InChI is InChI=1S/C10H10N2O4S/c1-7-6-8(2-3-9(7)10(13)14)12-17(15,16)5-4-11/h2-3,6,12H,5H2,1H3,(H,13,14). The Morgan fingerprint density at radius 1 is 1.53 bits per heavy atom. The number of carbonyl (C=O) groups is 1. The zero-order valence-corrected chi connectivity index (χ0v) is 9.78. The first-order valence-corrected chi connectivity index (χ1v) is 6.22. The molecule has 0 aliphatic heterocycles. The highest BCUT2D eigenvalue weighted by Crippen LogP contribution is 2.16. The third-order valence-electron chi connectivity index (χ3n) is 1.98. The number of hydrogen-bond acceptors (Lipinski definition) is 4. The summed E-state index contributed by atoms with van der Waals surface area (Å²) < 4.78 is 24.7. The third kappa shape index (κ3) is 3.46. The van der Waals surface area contributed by atoms with Gasteiger partial charge in [0.25, 0.3) is 0 Å². The second-order valence-electron chi connectivity index (χ2n) is 3.35. The molecule has 0 fully saturated rings. The molecule has 0 unspecified atom stereocenters. The van der Waals surface area contributed by atoms with E-state index in [0.717, 1.165) is 0 Å². The molecule has 1 rings (SSSR count). The lowest BCUT2D eigenvalue weighted by Crippen LogP contribution is -2.15. The highest BCUT2D eigenvalue weighted by molar-refractivity contribution is 7.92. The van der Waals surface area contributed by atoms with Crippen LogP contribution in [-0.2, 0) is 10.0 Å². The molecule has 0 saturated carbocycles. The molecule has 0 radical (unpaired) electrons. The summed E-state index contributed by atoms with van der Waals surface area (Å²) >= 11 is 0. The number of carboxylic acid groups (broad SMARTS) is 1. The average Bonchev–Trinajstić information content (AvgIpc) is 2.15. The van der Waals surface area contributed by atoms with Gasteiger partial charge in [-0.2, -0.15) is 5.26 Å². The Morgan fingerprint density at radius 3 is 2.65 bits per heavy atom. The maximum atomic E-state index is 11.3. The van der Waals surface area contributed by atoms with Crippen LogP contribution in [0, 0.1) is 18.3 Å². The quantitative estimate of drug-likeness (QED) is 0.832. The minimum absolute atomic E-state index is 0.105. The van der Waals surface area contributed by atoms with E-state index in [9.17, 15) is 13.2 Å². The van der Waals surface area contributed by atoms with Crippen LogP contribution in [0.25, 0.3) is 0 Å². The Hall–Kier alpha value is -2.07. The fraction of sp³-hybridized carbons (Fsp3) is 0.200. The Kier molecular flexibility index (Phi) is 3.70. The van der Waals surface area contributed by atoms with Crippen molar-refractivity contribution in [2.75, 3.05) is 10.5 Å². The van der Waals surface area contributed by atoms with Crippen molar-refractivity contribution in [3.8, 4) is 6.07 Å². The van der Waals surface area contributed by atoms with E-state index in [1.807, 2.05) is 0 Å². The molecular weight excluding hydrogens is 244 g/mol. The van der Waals surface area contributed by atoms with E-state index in [1.165, 1.54) is 24.3 Å². The molecule has 7 heteroatoms. The summed E-state index contributed by atoms with van der Waals surface area (Å²) in [6, 6.07) is 5.58. The summed E-state index contributed by atoms with van der Waals surface area (Å²) in [6.45, 7) is 1.56. The lowest BCUT2D eigenvalue weighted by atomic mass is 10.1. The van der Waals surface area contributed by atoms with Crippen molar-refractivity contribution in [2.24, 2.45) is 0 Å². The zero-order valence-electron chi connectivity index (χ0n) is 8.97. The minimum atomic E-state index is -3.69. The minimum Gasteiger partial charge on any atom is -0.478 e. The van der Waals surface area contributed by atoms with E-state index in [1.54, 1.807) is 6.92 Å². The van der Waals surface area contributed by atoms with Gasteiger partial charge in [-0.15, -0.1) is 0 Å². The van der Waals surface area contributed by atoms with Gasteiger partial charge in [-0.1, -0.05) is 0 Å². The molecule has 0 saturated heterocycles. The first kappa shape index (κ1) is 13.0. The van der Waals surface area contributed by atoms with E-state index in [-0.39, 0.29) is 11.3 Å². The van der Waals surface area contributed by atoms with Crippen LogP contribution in [0.2, 0.25) is 0 Å². The van der Waals surface area contributed by atoms with Gasteiger partial charge >= 0.3 is 5.97 Å². The SMILES string of the molecule is Cc1cc(NS(=O)(=O)CC#N)ccc1C(=O)O. The van der Waals surface area contributed by atoms with Gasteiger partial charge in [0.15, 0.2) is 5.75 Å². The van der Waals surface area contributed by atoms with Crippen LogP contribution in [0.15, 0.2) is 18.2 Å². The van der Waals surface area contributed by atoms with E-state index < -0.39 is 21.7 Å². The van der Waals surface area contributed by atoms with Gasteiger partial charge in [-0.3, -0.25) is 4.72 Å². The van der Waals surface area contributed by atoms with E-state index in [4.69, 9.17) is 10.4 Å². The molecule has 0 atom stereocenters. The number of aromatic carboxylic acids is 1. The van der Waals surface area contributed by atoms with Crippen molar-refractivity contribution in [3.05, 3.63) is 29.3 Å². The van der Waals surface area contributed by atoms with E-state index in [2.05, 4.69) is 4.72 Å². The van der Waals surface area contributed by atoms with E-state index in [0.29, 0.717) is 5.56 Å². The average molecular weight is 254 g/mol. The Morgan fingerprint density at radius 2 is 2.18 bits per heavy atom. The number of nitrogens with zero attached hydrogens (tertiary/aromatic N) is 1. The smallest absolute Gasteiger partial charge is 0.335 e. The predicted molar refractivity (Wildman–Crippen MR) is 61.2 cm³/mol. The van der Waals surface area contributed by atoms with Crippen LogP contribution in [0.1, 0.15) is 15.9 Å². The van der Waals surface area contributed by atoms with Crippen LogP contribution in [0.5, 0.6) is 0 Å². The summed E-state index contributed by atoms with van der Waals surface area (Å²) in [5, 5.41) is 17.1. The number of sulfonamides is 1. The third-order valence-corrected chi connectivity index (χ3v) is 3.04. The highest BCUT2D eigenvalue weighted by atomic mass is 32.2. The number of benzene rings is 1. The van der Waals surface area contributed by atoms with Crippen LogP contribution in [-0.4, -0.2) is 25.2 Å². The van der Waals surface area contributed by atoms with Crippen molar-refractivity contribution in [3.63, 3.8) is 0 Å². The van der Waals surface area contributed by atoms with Crippen molar-refractivity contribution < 1.29 is 18.3 Å². The predicted octanol–water partition coefficient (Wildman–Crippen LogP) is 0.959. The molecular formula is C10H10N2O4S. The fourth-order valence-electron chi connectivity index (χ4n) is 1.27. The van der Waals surface area contributed by atoms with E-state index >= 15 is 0 Å². The summed E-state index contributed by atoms with van der Waals surface area (Å²) in [6.07, 6.45) is 0. The molecule has 0 bridgehead atoms. The number of nitrogens with one attached hydrogen (secondary N) is 1. The van der Waals surface area contributed by atoms with Gasteiger partial charge in [0.2, 0.25) is 10.0 Å². The number of rotatable bonds is 4. The molecule has 90 valence electrons. The molecule has 0 spiro atoms. The molecule has 2 N–H and O–H groups in total. The first-order valence-electron chi connectivity index (χ1n) is 4.57. The molecule has 0 aliphatic carbocycles. The summed E-state index contributed by atoms with van der Waals surface area (Å²) in [7, 11) is -3.69. The van der Waals surface area contributed by atoms with Crippen LogP contribution >= 0.6 is 0 Å². The highest BCUT2D eigenvalue weighted by Gasteiger charge is 2.12. The Balaban J connectivity index is 3.01. The lowest BCUT2D eigenvalue weighted by Gasteiger charge is -2.07. The maximum absolute atomic E-state index is 11.3. The largest absolute Gasteiger partial charge is 0.478 e. The van der Waals surface area contributed by atoms with Crippen molar-refractivity contribution in [1.29, 1.82) is 5.26 Å². The van der Waals surface area contributed by atoms with Gasteiger partial charge in [0.1, 0.15) is 0 Å². The first-order chi connectivity index (χ1) is 7.85. The molecule has 0 amide bonds.